The molecule has 0 saturated heterocycles. The number of nitriles is 1. The molecule has 0 saturated carbocycles. The van der Waals surface area contributed by atoms with Gasteiger partial charge in [0.25, 0.3) is 0 Å². The third-order valence-electron chi connectivity index (χ3n) is 3.45. The number of carbonyl (C=O) groups excluding carboxylic acids is 1. The lowest BCUT2D eigenvalue weighted by Crippen LogP contribution is -2.23. The zero-order valence-corrected chi connectivity index (χ0v) is 15.9. The molecule has 0 bridgehead atoms. The van der Waals surface area contributed by atoms with Gasteiger partial charge >= 0.3 is 0 Å². The first-order valence-corrected chi connectivity index (χ1v) is 9.55. The zero-order chi connectivity index (χ0) is 18.7. The van der Waals surface area contributed by atoms with E-state index >= 15 is 0 Å². The van der Waals surface area contributed by atoms with Crippen LogP contribution in [0.1, 0.15) is 12.5 Å². The standard InChI is InChI=1S/C16H13ClN6OS2/c1-9(14(24)20-15-10(8-18)6-7-25-15)26-16-22-21-13(23(16)19)11-4-2-3-5-12(11)17/h2-7,9H,19H2,1H3,(H,20,24)/t9-/m1/s1. The maximum atomic E-state index is 12.4. The Bertz CT molecular complexity index is 993. The van der Waals surface area contributed by atoms with Gasteiger partial charge in [0.2, 0.25) is 11.1 Å². The van der Waals surface area contributed by atoms with Gasteiger partial charge in [-0.15, -0.1) is 21.5 Å². The van der Waals surface area contributed by atoms with Gasteiger partial charge in [0, 0.05) is 5.56 Å². The molecular weight excluding hydrogens is 392 g/mol. The van der Waals surface area contributed by atoms with E-state index in [1.807, 2.05) is 18.2 Å². The summed E-state index contributed by atoms with van der Waals surface area (Å²) in [5.41, 5.74) is 1.09. The van der Waals surface area contributed by atoms with Crippen LogP contribution in [0.5, 0.6) is 0 Å². The minimum atomic E-state index is -0.491. The number of benzene rings is 1. The van der Waals surface area contributed by atoms with E-state index in [-0.39, 0.29) is 5.91 Å². The summed E-state index contributed by atoms with van der Waals surface area (Å²) in [5, 5.41) is 22.6. The van der Waals surface area contributed by atoms with E-state index in [9.17, 15) is 4.79 Å². The van der Waals surface area contributed by atoms with Crippen molar-refractivity contribution in [3.63, 3.8) is 0 Å². The van der Waals surface area contributed by atoms with Crippen molar-refractivity contribution in [3.05, 3.63) is 46.3 Å². The Hall–Kier alpha value is -2.54. The molecule has 3 N–H and O–H groups in total. The molecule has 10 heteroatoms. The molecular formula is C16H13ClN6OS2. The van der Waals surface area contributed by atoms with Gasteiger partial charge in [-0.3, -0.25) is 4.79 Å². The lowest BCUT2D eigenvalue weighted by atomic mass is 10.2. The first-order chi connectivity index (χ1) is 12.5. The number of halogens is 1. The number of carbonyl (C=O) groups is 1. The first kappa shape index (κ1) is 18.3. The zero-order valence-electron chi connectivity index (χ0n) is 13.5. The van der Waals surface area contributed by atoms with E-state index in [1.54, 1.807) is 30.5 Å². The maximum Gasteiger partial charge on any atom is 0.238 e. The van der Waals surface area contributed by atoms with E-state index in [0.29, 0.717) is 32.1 Å². The second-order valence-corrected chi connectivity index (χ2v) is 7.81. The van der Waals surface area contributed by atoms with E-state index in [0.717, 1.165) is 0 Å². The van der Waals surface area contributed by atoms with Crippen molar-refractivity contribution in [2.45, 2.75) is 17.3 Å². The van der Waals surface area contributed by atoms with Crippen molar-refractivity contribution in [3.8, 4) is 17.5 Å². The number of anilines is 1. The number of hydrogen-bond donors (Lipinski definition) is 2. The van der Waals surface area contributed by atoms with Crippen molar-refractivity contribution < 1.29 is 4.79 Å². The van der Waals surface area contributed by atoms with Crippen LogP contribution < -0.4 is 11.2 Å². The number of rotatable bonds is 5. The summed E-state index contributed by atoms with van der Waals surface area (Å²) < 4.78 is 1.31. The number of nitrogens with zero attached hydrogens (tertiary/aromatic N) is 4. The van der Waals surface area contributed by atoms with Crippen LogP contribution in [0.3, 0.4) is 0 Å². The third-order valence-corrected chi connectivity index (χ3v) is 5.67. The average Bonchev–Trinajstić information content (AvgIpc) is 3.22. The highest BCUT2D eigenvalue weighted by molar-refractivity contribution is 8.00. The van der Waals surface area contributed by atoms with Gasteiger partial charge in [-0.05, 0) is 30.5 Å². The number of nitrogens with two attached hydrogens (primary N) is 1. The van der Waals surface area contributed by atoms with Crippen LogP contribution in [-0.2, 0) is 4.79 Å². The third kappa shape index (κ3) is 3.67. The fourth-order valence-electron chi connectivity index (χ4n) is 2.10. The van der Waals surface area contributed by atoms with Gasteiger partial charge in [0.15, 0.2) is 5.82 Å². The molecule has 3 aromatic rings. The van der Waals surface area contributed by atoms with Crippen LogP contribution in [0.2, 0.25) is 5.02 Å². The Balaban J connectivity index is 1.74. The number of amides is 1. The normalized spacial score (nSPS) is 11.7. The Morgan fingerprint density at radius 3 is 2.92 bits per heavy atom. The summed E-state index contributed by atoms with van der Waals surface area (Å²) in [6.07, 6.45) is 0. The van der Waals surface area contributed by atoms with Crippen molar-refractivity contribution >= 4 is 45.6 Å². The molecule has 2 aromatic heterocycles. The second kappa shape index (κ2) is 7.78. The fraction of sp³-hybridized carbons (Fsp3) is 0.125. The average molecular weight is 405 g/mol. The van der Waals surface area contributed by atoms with Gasteiger partial charge in [0.1, 0.15) is 11.1 Å². The van der Waals surface area contributed by atoms with Crippen molar-refractivity contribution in [1.29, 1.82) is 5.26 Å². The van der Waals surface area contributed by atoms with Gasteiger partial charge < -0.3 is 11.2 Å². The summed E-state index contributed by atoms with van der Waals surface area (Å²) in [7, 11) is 0. The summed E-state index contributed by atoms with van der Waals surface area (Å²) in [4.78, 5) is 12.4. The van der Waals surface area contributed by atoms with Crippen molar-refractivity contribution in [1.82, 2.24) is 14.9 Å². The van der Waals surface area contributed by atoms with Crippen LogP contribution in [0.25, 0.3) is 11.4 Å². The molecule has 7 nitrogen and oxygen atoms in total. The number of thiophene rings is 1. The van der Waals surface area contributed by atoms with Crippen molar-refractivity contribution in [2.24, 2.45) is 0 Å². The molecule has 26 heavy (non-hydrogen) atoms. The number of nitrogens with one attached hydrogen (secondary N) is 1. The highest BCUT2D eigenvalue weighted by atomic mass is 35.5. The smallest absolute Gasteiger partial charge is 0.238 e. The minimum absolute atomic E-state index is 0.253. The van der Waals surface area contributed by atoms with E-state index in [1.165, 1.54) is 27.8 Å². The van der Waals surface area contributed by atoms with Gasteiger partial charge in [-0.25, -0.2) is 4.68 Å². The predicted molar refractivity (Wildman–Crippen MR) is 104 cm³/mol. The van der Waals surface area contributed by atoms with E-state index in [4.69, 9.17) is 22.7 Å². The molecule has 132 valence electrons. The molecule has 0 spiro atoms. The lowest BCUT2D eigenvalue weighted by molar-refractivity contribution is -0.115. The van der Waals surface area contributed by atoms with Crippen LogP contribution >= 0.6 is 34.7 Å². The summed E-state index contributed by atoms with van der Waals surface area (Å²) in [5.74, 6) is 6.23. The van der Waals surface area contributed by atoms with E-state index < -0.39 is 5.25 Å². The number of hydrogen-bond acceptors (Lipinski definition) is 7. The highest BCUT2D eigenvalue weighted by Crippen LogP contribution is 2.30. The van der Waals surface area contributed by atoms with Crippen LogP contribution in [0, 0.1) is 11.3 Å². The Morgan fingerprint density at radius 1 is 1.42 bits per heavy atom. The molecule has 0 aliphatic heterocycles. The van der Waals surface area contributed by atoms with Gasteiger partial charge in [-0.2, -0.15) is 5.26 Å². The molecule has 0 radical (unpaired) electrons. The molecule has 1 atom stereocenters. The molecule has 0 unspecified atom stereocenters. The van der Waals surface area contributed by atoms with Crippen LogP contribution in [0.15, 0.2) is 40.9 Å². The number of thioether (sulfide) groups is 1. The summed E-state index contributed by atoms with van der Waals surface area (Å²) >= 11 is 8.63. The topological polar surface area (TPSA) is 110 Å². The Labute approximate surface area is 162 Å². The SMILES string of the molecule is C[C@@H](Sc1nnc(-c2ccccc2Cl)n1N)C(=O)Nc1sccc1C#N. The molecule has 0 fully saturated rings. The maximum absolute atomic E-state index is 12.4. The Kier molecular flexibility index (Phi) is 5.46. The number of nitrogen functional groups attached to an aromatic ring is 1. The van der Waals surface area contributed by atoms with Crippen LogP contribution in [0.4, 0.5) is 5.00 Å². The largest absolute Gasteiger partial charge is 0.335 e. The molecule has 1 amide bonds. The monoisotopic (exact) mass is 404 g/mol. The first-order valence-electron chi connectivity index (χ1n) is 7.41. The highest BCUT2D eigenvalue weighted by Gasteiger charge is 2.21. The van der Waals surface area contributed by atoms with E-state index in [2.05, 4.69) is 15.5 Å². The fourth-order valence-corrected chi connectivity index (χ4v) is 3.83. The molecule has 0 aliphatic carbocycles. The van der Waals surface area contributed by atoms with Gasteiger partial charge in [-0.1, -0.05) is 35.5 Å². The molecule has 0 aliphatic rings. The van der Waals surface area contributed by atoms with Crippen LogP contribution in [-0.4, -0.2) is 26.0 Å². The quantitative estimate of drug-likeness (QED) is 0.498. The Morgan fingerprint density at radius 2 is 2.19 bits per heavy atom. The summed E-state index contributed by atoms with van der Waals surface area (Å²) in [6, 6.07) is 10.9. The molecule has 3 rings (SSSR count). The lowest BCUT2D eigenvalue weighted by Gasteiger charge is -2.11. The molecule has 2 heterocycles. The van der Waals surface area contributed by atoms with Gasteiger partial charge in [0.05, 0.1) is 15.8 Å². The van der Waals surface area contributed by atoms with Crippen molar-refractivity contribution in [2.75, 3.05) is 11.2 Å². The predicted octanol–water partition coefficient (Wildman–Crippen LogP) is 3.36. The molecule has 1 aromatic carbocycles. The number of aromatic nitrogens is 3. The summed E-state index contributed by atoms with van der Waals surface area (Å²) in [6.45, 7) is 1.73. The minimum Gasteiger partial charge on any atom is -0.335 e. The second-order valence-electron chi connectivity index (χ2n) is 5.18.